The fourth-order valence-corrected chi connectivity index (χ4v) is 5.06. The number of benzene rings is 1. The Morgan fingerprint density at radius 2 is 1.97 bits per heavy atom. The molecule has 3 N–H and O–H groups in total. The summed E-state index contributed by atoms with van der Waals surface area (Å²) < 4.78 is 19.7. The van der Waals surface area contributed by atoms with Gasteiger partial charge in [-0.15, -0.1) is 0 Å². The van der Waals surface area contributed by atoms with Crippen LogP contribution in [0.3, 0.4) is 0 Å². The summed E-state index contributed by atoms with van der Waals surface area (Å²) in [7, 11) is 1.46. The summed E-state index contributed by atoms with van der Waals surface area (Å²) >= 11 is 0. The monoisotopic (exact) mass is 457 g/mol. The summed E-state index contributed by atoms with van der Waals surface area (Å²) in [5.74, 6) is 1.48. The topological polar surface area (TPSA) is 92.4 Å². The Balaban J connectivity index is 1.61. The molecule has 1 aliphatic heterocycles. The van der Waals surface area contributed by atoms with Crippen LogP contribution in [-0.4, -0.2) is 59.2 Å². The second kappa shape index (κ2) is 11.0. The summed E-state index contributed by atoms with van der Waals surface area (Å²) in [5.41, 5.74) is 6.75. The van der Waals surface area contributed by atoms with Crippen LogP contribution in [0.4, 0.5) is 27.9 Å². The number of hydrogen-bond donors (Lipinski definition) is 2. The number of hydrogen-bond acceptors (Lipinski definition) is 8. The zero-order valence-corrected chi connectivity index (χ0v) is 19.8. The molecule has 9 heteroatoms. The minimum absolute atomic E-state index is 0.156. The van der Waals surface area contributed by atoms with Crippen LogP contribution >= 0.6 is 0 Å². The molecule has 1 saturated carbocycles. The van der Waals surface area contributed by atoms with E-state index < -0.39 is 5.82 Å². The van der Waals surface area contributed by atoms with Crippen LogP contribution < -0.4 is 20.7 Å². The third-order valence-corrected chi connectivity index (χ3v) is 6.90. The van der Waals surface area contributed by atoms with E-state index in [1.165, 1.54) is 45.3 Å². The van der Waals surface area contributed by atoms with E-state index in [1.807, 2.05) is 11.0 Å². The molecule has 2 aliphatic rings. The smallest absolute Gasteiger partial charge is 0.236 e. The van der Waals surface area contributed by atoms with Crippen LogP contribution in [0, 0.1) is 11.7 Å². The second-order valence-electron chi connectivity index (χ2n) is 9.06. The number of nitrogens with zero attached hydrogens (tertiary/aromatic N) is 5. The molecule has 8 nitrogen and oxygen atoms in total. The van der Waals surface area contributed by atoms with E-state index in [1.54, 1.807) is 6.07 Å². The summed E-state index contributed by atoms with van der Waals surface area (Å²) in [6.45, 7) is 5.68. The quantitative estimate of drug-likeness (QED) is 0.578. The highest BCUT2D eigenvalue weighted by molar-refractivity contribution is 5.60. The highest BCUT2D eigenvalue weighted by Crippen LogP contribution is 2.31. The number of rotatable bonds is 9. The maximum Gasteiger partial charge on any atom is 0.236 e. The largest absolute Gasteiger partial charge is 0.494 e. The van der Waals surface area contributed by atoms with Gasteiger partial charge in [0, 0.05) is 30.9 Å². The summed E-state index contributed by atoms with van der Waals surface area (Å²) in [6.07, 6.45) is 8.57. The maximum absolute atomic E-state index is 14.6. The van der Waals surface area contributed by atoms with Crippen molar-refractivity contribution < 1.29 is 9.13 Å². The molecule has 2 fully saturated rings. The molecule has 1 aliphatic carbocycles. The third-order valence-electron chi connectivity index (χ3n) is 6.90. The van der Waals surface area contributed by atoms with Crippen LogP contribution in [0.15, 0.2) is 18.2 Å². The number of halogens is 1. The van der Waals surface area contributed by atoms with Crippen molar-refractivity contribution in [3.63, 3.8) is 0 Å². The second-order valence-corrected chi connectivity index (χ2v) is 9.06. The molecule has 1 aromatic carbocycles. The molecule has 180 valence electrons. The summed E-state index contributed by atoms with van der Waals surface area (Å²) in [5, 5.41) is 3.37. The van der Waals surface area contributed by atoms with Crippen LogP contribution in [0.25, 0.3) is 0 Å². The zero-order chi connectivity index (χ0) is 23.2. The van der Waals surface area contributed by atoms with E-state index >= 15 is 0 Å². The van der Waals surface area contributed by atoms with Crippen molar-refractivity contribution in [2.24, 2.45) is 5.92 Å². The lowest BCUT2D eigenvalue weighted by Gasteiger charge is -2.30. The standard InChI is InChI=1S/C24H36FN7O/c1-3-31-13-7-10-19(31)16-32(18-11-12-21(33-2)20(25)14-18)24-29-22(26)28-23(30-24)27-15-17-8-5-4-6-9-17/h11-12,14,17,19H,3-10,13,15-16H2,1-2H3,(H3,26,27,28,29,30). The lowest BCUT2D eigenvalue weighted by Crippen LogP contribution is -2.39. The predicted octanol–water partition coefficient (Wildman–Crippen LogP) is 4.22. The molecule has 1 atom stereocenters. The van der Waals surface area contributed by atoms with Crippen molar-refractivity contribution >= 4 is 23.5 Å². The molecule has 0 radical (unpaired) electrons. The first-order valence-electron chi connectivity index (χ1n) is 12.2. The lowest BCUT2D eigenvalue weighted by molar-refractivity contribution is 0.271. The van der Waals surface area contributed by atoms with Gasteiger partial charge in [-0.1, -0.05) is 26.2 Å². The molecule has 2 aromatic rings. The van der Waals surface area contributed by atoms with Crippen molar-refractivity contribution in [3.8, 4) is 5.75 Å². The average Bonchev–Trinajstić information content (AvgIpc) is 3.29. The number of anilines is 4. The molecular weight excluding hydrogens is 421 g/mol. The van der Waals surface area contributed by atoms with Crippen LogP contribution in [0.5, 0.6) is 5.75 Å². The van der Waals surface area contributed by atoms with Gasteiger partial charge < -0.3 is 20.7 Å². The van der Waals surface area contributed by atoms with Gasteiger partial charge in [-0.25, -0.2) is 4.39 Å². The summed E-state index contributed by atoms with van der Waals surface area (Å²) in [4.78, 5) is 17.8. The number of nitrogen functional groups attached to an aromatic ring is 1. The van der Waals surface area contributed by atoms with Crippen molar-refractivity contribution in [3.05, 3.63) is 24.0 Å². The molecule has 2 heterocycles. The van der Waals surface area contributed by atoms with Gasteiger partial charge in [0.05, 0.1) is 7.11 Å². The third kappa shape index (κ3) is 5.82. The van der Waals surface area contributed by atoms with Gasteiger partial charge >= 0.3 is 0 Å². The molecule has 1 aromatic heterocycles. The molecule has 0 amide bonds. The van der Waals surface area contributed by atoms with Crippen LogP contribution in [0.2, 0.25) is 0 Å². The number of likely N-dealkylation sites (tertiary alicyclic amines) is 1. The van der Waals surface area contributed by atoms with E-state index in [2.05, 4.69) is 27.1 Å². The fraction of sp³-hybridized carbons (Fsp3) is 0.625. The molecule has 33 heavy (non-hydrogen) atoms. The number of aromatic nitrogens is 3. The Bertz CT molecular complexity index is 922. The number of likely N-dealkylation sites (N-methyl/N-ethyl adjacent to an activating group) is 1. The minimum atomic E-state index is -0.420. The van der Waals surface area contributed by atoms with Crippen LogP contribution in [-0.2, 0) is 0 Å². The molecule has 1 saturated heterocycles. The Morgan fingerprint density at radius 1 is 1.15 bits per heavy atom. The van der Waals surface area contributed by atoms with E-state index in [-0.39, 0.29) is 11.7 Å². The van der Waals surface area contributed by atoms with Gasteiger partial charge in [0.15, 0.2) is 11.6 Å². The number of nitrogens with two attached hydrogens (primary N) is 1. The molecule has 1 unspecified atom stereocenters. The Labute approximate surface area is 195 Å². The van der Waals surface area contributed by atoms with Crippen molar-refractivity contribution in [2.45, 2.75) is 57.9 Å². The first-order valence-corrected chi connectivity index (χ1v) is 12.2. The number of methoxy groups -OCH3 is 1. The fourth-order valence-electron chi connectivity index (χ4n) is 5.06. The Morgan fingerprint density at radius 3 is 2.70 bits per heavy atom. The number of ether oxygens (including phenoxy) is 1. The van der Waals surface area contributed by atoms with E-state index in [0.29, 0.717) is 36.1 Å². The Hall–Kier alpha value is -2.68. The van der Waals surface area contributed by atoms with Gasteiger partial charge in [-0.2, -0.15) is 15.0 Å². The first kappa shape index (κ1) is 23.5. The highest BCUT2D eigenvalue weighted by Gasteiger charge is 2.28. The van der Waals surface area contributed by atoms with Crippen molar-refractivity contribution in [1.82, 2.24) is 19.9 Å². The summed E-state index contributed by atoms with van der Waals surface area (Å²) in [6, 6.07) is 5.27. The average molecular weight is 458 g/mol. The molecular formula is C24H36FN7O. The highest BCUT2D eigenvalue weighted by atomic mass is 19.1. The maximum atomic E-state index is 14.6. The lowest BCUT2D eigenvalue weighted by atomic mass is 9.89. The van der Waals surface area contributed by atoms with Crippen molar-refractivity contribution in [2.75, 3.05) is 49.2 Å². The van der Waals surface area contributed by atoms with Gasteiger partial charge in [0.2, 0.25) is 17.8 Å². The van der Waals surface area contributed by atoms with E-state index in [9.17, 15) is 4.39 Å². The zero-order valence-electron chi connectivity index (χ0n) is 19.8. The normalized spacial score (nSPS) is 19.5. The minimum Gasteiger partial charge on any atom is -0.494 e. The van der Waals surface area contributed by atoms with Crippen molar-refractivity contribution in [1.29, 1.82) is 0 Å². The van der Waals surface area contributed by atoms with Gasteiger partial charge in [-0.3, -0.25) is 4.90 Å². The SMILES string of the molecule is CCN1CCCC1CN(c1ccc(OC)c(F)c1)c1nc(N)nc(NCC2CCCCC2)n1. The van der Waals surface area contributed by atoms with E-state index in [4.69, 9.17) is 15.5 Å². The number of nitrogens with one attached hydrogen (secondary N) is 1. The molecule has 0 spiro atoms. The van der Waals surface area contributed by atoms with Gasteiger partial charge in [0.1, 0.15) is 0 Å². The predicted molar refractivity (Wildman–Crippen MR) is 130 cm³/mol. The van der Waals surface area contributed by atoms with Crippen LogP contribution in [0.1, 0.15) is 51.9 Å². The Kier molecular flexibility index (Phi) is 7.80. The first-order chi connectivity index (χ1) is 16.1. The molecule has 0 bridgehead atoms. The molecule has 4 rings (SSSR count). The van der Waals surface area contributed by atoms with Gasteiger partial charge in [-0.05, 0) is 56.8 Å². The van der Waals surface area contributed by atoms with Gasteiger partial charge in [0.25, 0.3) is 0 Å². The van der Waals surface area contributed by atoms with E-state index in [0.717, 1.165) is 32.5 Å².